The molecular weight excluding hydrogens is 350 g/mol. The van der Waals surface area contributed by atoms with Crippen molar-refractivity contribution in [2.75, 3.05) is 0 Å². The molecule has 4 heteroatoms. The number of aryl methyl sites for hydroxylation is 4. The topological polar surface area (TPSA) is 63.2 Å². The Bertz CT molecular complexity index is 922. The van der Waals surface area contributed by atoms with Gasteiger partial charge in [-0.1, -0.05) is 42.0 Å². The number of ketones is 2. The van der Waals surface area contributed by atoms with E-state index in [2.05, 4.69) is 5.32 Å². The van der Waals surface area contributed by atoms with Crippen LogP contribution in [-0.2, 0) is 20.9 Å². The quantitative estimate of drug-likeness (QED) is 0.805. The van der Waals surface area contributed by atoms with E-state index in [0.29, 0.717) is 6.54 Å². The zero-order valence-corrected chi connectivity index (χ0v) is 17.0. The summed E-state index contributed by atoms with van der Waals surface area (Å²) in [7, 11) is 0. The molecule has 2 aromatic rings. The Balaban J connectivity index is 1.69. The Morgan fingerprint density at radius 2 is 1.64 bits per heavy atom. The molecule has 146 valence electrons. The Morgan fingerprint density at radius 1 is 1.00 bits per heavy atom. The molecule has 0 saturated heterocycles. The van der Waals surface area contributed by atoms with Crippen LogP contribution in [-0.4, -0.2) is 17.5 Å². The highest BCUT2D eigenvalue weighted by atomic mass is 16.2. The molecule has 0 bridgehead atoms. The summed E-state index contributed by atoms with van der Waals surface area (Å²) in [6.07, 6.45) is 0.213. The monoisotopic (exact) mass is 377 g/mol. The predicted molar refractivity (Wildman–Crippen MR) is 109 cm³/mol. The summed E-state index contributed by atoms with van der Waals surface area (Å²) in [6.45, 7) is 8.32. The van der Waals surface area contributed by atoms with Gasteiger partial charge in [0.15, 0.2) is 5.78 Å². The third-order valence-electron chi connectivity index (χ3n) is 5.65. The highest BCUT2D eigenvalue weighted by molar-refractivity contribution is 6.15. The summed E-state index contributed by atoms with van der Waals surface area (Å²) in [5.41, 5.74) is 6.03. The molecule has 0 spiro atoms. The van der Waals surface area contributed by atoms with Gasteiger partial charge in [0.2, 0.25) is 5.91 Å². The van der Waals surface area contributed by atoms with Gasteiger partial charge in [0, 0.05) is 25.3 Å². The lowest BCUT2D eigenvalue weighted by Crippen LogP contribution is -2.27. The van der Waals surface area contributed by atoms with Gasteiger partial charge in [-0.05, 0) is 55.5 Å². The molecule has 0 aliphatic heterocycles. The van der Waals surface area contributed by atoms with E-state index >= 15 is 0 Å². The van der Waals surface area contributed by atoms with Crippen molar-refractivity contribution in [3.63, 3.8) is 0 Å². The van der Waals surface area contributed by atoms with Crippen LogP contribution < -0.4 is 5.32 Å². The first-order chi connectivity index (χ1) is 13.3. The van der Waals surface area contributed by atoms with Crippen LogP contribution in [0.4, 0.5) is 0 Å². The molecule has 1 amide bonds. The highest BCUT2D eigenvalue weighted by Crippen LogP contribution is 2.37. The number of carbonyl (C=O) groups excluding carboxylic acids is 3. The standard InChI is InChI=1S/C24H27NO3/c1-14-9-16(3)22(17(4)10-14)23-20(26)11-19(24(23)28)12-21(27)25-13-18-8-6-5-7-15(18)2/h5-10,19,23H,11-13H2,1-4H3,(H,25,27). The normalized spacial score (nSPS) is 19.1. The molecule has 0 aromatic heterocycles. The Morgan fingerprint density at radius 3 is 2.29 bits per heavy atom. The van der Waals surface area contributed by atoms with Gasteiger partial charge < -0.3 is 5.32 Å². The van der Waals surface area contributed by atoms with Gasteiger partial charge in [0.1, 0.15) is 11.7 Å². The van der Waals surface area contributed by atoms with Gasteiger partial charge in [-0.2, -0.15) is 0 Å². The van der Waals surface area contributed by atoms with Crippen molar-refractivity contribution in [1.29, 1.82) is 0 Å². The van der Waals surface area contributed by atoms with E-state index in [9.17, 15) is 14.4 Å². The third kappa shape index (κ3) is 4.06. The van der Waals surface area contributed by atoms with Crippen molar-refractivity contribution in [1.82, 2.24) is 5.32 Å². The minimum absolute atomic E-state index is 0.0664. The molecule has 1 N–H and O–H groups in total. The number of Topliss-reactive ketones (excluding diaryl/α,β-unsaturated/α-hetero) is 2. The Kier molecular flexibility index (Phi) is 5.78. The molecular formula is C24H27NO3. The summed E-state index contributed by atoms with van der Waals surface area (Å²) in [4.78, 5) is 38.0. The van der Waals surface area contributed by atoms with Crippen molar-refractivity contribution < 1.29 is 14.4 Å². The fraction of sp³-hybridized carbons (Fsp3) is 0.375. The first-order valence-electron chi connectivity index (χ1n) is 9.73. The van der Waals surface area contributed by atoms with Crippen molar-refractivity contribution >= 4 is 17.5 Å². The minimum atomic E-state index is -0.727. The van der Waals surface area contributed by atoms with Gasteiger partial charge in [-0.15, -0.1) is 0 Å². The maximum Gasteiger partial charge on any atom is 0.221 e. The fourth-order valence-electron chi connectivity index (χ4n) is 4.28. The SMILES string of the molecule is Cc1cc(C)c(C2C(=O)CC(CC(=O)NCc3ccccc3C)C2=O)c(C)c1. The van der Waals surface area contributed by atoms with Gasteiger partial charge >= 0.3 is 0 Å². The average Bonchev–Trinajstić information content (AvgIpc) is 2.88. The van der Waals surface area contributed by atoms with E-state index in [4.69, 9.17) is 0 Å². The molecule has 28 heavy (non-hydrogen) atoms. The molecule has 0 radical (unpaired) electrons. The fourth-order valence-corrected chi connectivity index (χ4v) is 4.28. The minimum Gasteiger partial charge on any atom is -0.352 e. The average molecular weight is 377 g/mol. The molecule has 1 saturated carbocycles. The number of hydrogen-bond acceptors (Lipinski definition) is 3. The molecule has 2 aromatic carbocycles. The summed E-state index contributed by atoms with van der Waals surface area (Å²) < 4.78 is 0. The van der Waals surface area contributed by atoms with Gasteiger partial charge in [0.25, 0.3) is 0 Å². The van der Waals surface area contributed by atoms with Gasteiger partial charge in [0.05, 0.1) is 0 Å². The number of hydrogen-bond donors (Lipinski definition) is 1. The van der Waals surface area contributed by atoms with E-state index in [1.807, 2.05) is 64.1 Å². The van der Waals surface area contributed by atoms with Crippen LogP contribution >= 0.6 is 0 Å². The molecule has 1 fully saturated rings. The molecule has 2 unspecified atom stereocenters. The lowest BCUT2D eigenvalue weighted by atomic mass is 9.86. The smallest absolute Gasteiger partial charge is 0.221 e. The van der Waals surface area contributed by atoms with Crippen molar-refractivity contribution in [2.45, 2.75) is 53.0 Å². The van der Waals surface area contributed by atoms with Crippen LogP contribution in [0.1, 0.15) is 52.1 Å². The Hall–Kier alpha value is -2.75. The second kappa shape index (κ2) is 8.09. The number of carbonyl (C=O) groups is 3. The summed E-state index contributed by atoms with van der Waals surface area (Å²) in [5.74, 6) is -1.64. The van der Waals surface area contributed by atoms with Crippen molar-refractivity contribution in [3.05, 3.63) is 69.8 Å². The number of nitrogens with one attached hydrogen (secondary N) is 1. The molecule has 1 aliphatic rings. The van der Waals surface area contributed by atoms with E-state index in [-0.39, 0.29) is 30.3 Å². The van der Waals surface area contributed by atoms with Crippen LogP contribution in [0.25, 0.3) is 0 Å². The number of amides is 1. The molecule has 2 atom stereocenters. The van der Waals surface area contributed by atoms with Crippen LogP contribution in [0.2, 0.25) is 0 Å². The van der Waals surface area contributed by atoms with Crippen LogP contribution in [0.3, 0.4) is 0 Å². The first kappa shape index (κ1) is 20.0. The van der Waals surface area contributed by atoms with E-state index < -0.39 is 11.8 Å². The maximum absolute atomic E-state index is 13.0. The van der Waals surface area contributed by atoms with Crippen LogP contribution in [0, 0.1) is 33.6 Å². The molecule has 0 heterocycles. The summed E-state index contributed by atoms with van der Waals surface area (Å²) in [5, 5.41) is 2.88. The number of benzene rings is 2. The first-order valence-corrected chi connectivity index (χ1v) is 9.73. The third-order valence-corrected chi connectivity index (χ3v) is 5.65. The van der Waals surface area contributed by atoms with Crippen LogP contribution in [0.5, 0.6) is 0 Å². The van der Waals surface area contributed by atoms with Crippen LogP contribution in [0.15, 0.2) is 36.4 Å². The Labute approximate surface area is 166 Å². The molecule has 1 aliphatic carbocycles. The lowest BCUT2D eigenvalue weighted by molar-refractivity contribution is -0.128. The lowest BCUT2D eigenvalue weighted by Gasteiger charge is -2.16. The second-order valence-corrected chi connectivity index (χ2v) is 7.92. The van der Waals surface area contributed by atoms with E-state index in [1.54, 1.807) is 0 Å². The second-order valence-electron chi connectivity index (χ2n) is 7.92. The predicted octanol–water partition coefficient (Wildman–Crippen LogP) is 3.87. The van der Waals surface area contributed by atoms with Gasteiger partial charge in [-0.3, -0.25) is 14.4 Å². The van der Waals surface area contributed by atoms with E-state index in [1.165, 1.54) is 0 Å². The zero-order valence-electron chi connectivity index (χ0n) is 17.0. The molecule has 3 rings (SSSR count). The number of rotatable bonds is 5. The molecule has 4 nitrogen and oxygen atoms in total. The van der Waals surface area contributed by atoms with Crippen molar-refractivity contribution in [3.8, 4) is 0 Å². The highest BCUT2D eigenvalue weighted by Gasteiger charge is 2.43. The summed E-state index contributed by atoms with van der Waals surface area (Å²) >= 11 is 0. The van der Waals surface area contributed by atoms with Gasteiger partial charge in [-0.25, -0.2) is 0 Å². The largest absolute Gasteiger partial charge is 0.352 e. The van der Waals surface area contributed by atoms with E-state index in [0.717, 1.165) is 33.4 Å². The summed E-state index contributed by atoms with van der Waals surface area (Å²) in [6, 6.07) is 11.9. The van der Waals surface area contributed by atoms with Crippen molar-refractivity contribution in [2.24, 2.45) is 5.92 Å². The maximum atomic E-state index is 13.0. The zero-order chi connectivity index (χ0) is 20.4.